The van der Waals surface area contributed by atoms with Crippen LogP contribution in [0.25, 0.3) is 0 Å². The first kappa shape index (κ1) is 15.7. The highest BCUT2D eigenvalue weighted by molar-refractivity contribution is 7.91. The minimum Gasteiger partial charge on any atom is -0.273 e. The van der Waals surface area contributed by atoms with Crippen LogP contribution in [-0.2, 0) is 14.7 Å². The summed E-state index contributed by atoms with van der Waals surface area (Å²) in [7, 11) is -3.43. The molecule has 19 heavy (non-hydrogen) atoms. The van der Waals surface area contributed by atoms with Crippen LogP contribution in [0, 0.1) is 5.92 Å². The average molecular weight is 285 g/mol. The van der Waals surface area contributed by atoms with E-state index in [4.69, 9.17) is 4.84 Å². The zero-order chi connectivity index (χ0) is 14.5. The van der Waals surface area contributed by atoms with Gasteiger partial charge in [0.1, 0.15) is 0 Å². The first-order chi connectivity index (χ1) is 8.88. The fourth-order valence-electron chi connectivity index (χ4n) is 1.41. The molecule has 0 heterocycles. The maximum absolute atomic E-state index is 11.9. The van der Waals surface area contributed by atoms with Crippen LogP contribution < -0.4 is 5.48 Å². The zero-order valence-corrected chi connectivity index (χ0v) is 12.2. The van der Waals surface area contributed by atoms with Gasteiger partial charge in [-0.3, -0.25) is 9.63 Å². The Bertz CT molecular complexity index is 537. The minimum absolute atomic E-state index is 0.0307. The first-order valence-corrected chi connectivity index (χ1v) is 7.77. The quantitative estimate of drug-likeness (QED) is 0.809. The van der Waals surface area contributed by atoms with Gasteiger partial charge in [-0.1, -0.05) is 32.9 Å². The van der Waals surface area contributed by atoms with Gasteiger partial charge in [-0.25, -0.2) is 13.9 Å². The molecule has 6 heteroatoms. The van der Waals surface area contributed by atoms with Crippen molar-refractivity contribution < 1.29 is 18.0 Å². The smallest absolute Gasteiger partial charge is 0.273 e. The van der Waals surface area contributed by atoms with Gasteiger partial charge < -0.3 is 0 Å². The molecule has 0 spiro atoms. The molecule has 1 aromatic rings. The summed E-state index contributed by atoms with van der Waals surface area (Å²) < 4.78 is 23.8. The predicted octanol–water partition coefficient (Wildman–Crippen LogP) is 1.80. The molecule has 0 atom stereocenters. The van der Waals surface area contributed by atoms with E-state index in [1.165, 1.54) is 12.1 Å². The van der Waals surface area contributed by atoms with Crippen LogP contribution in [0.1, 0.15) is 31.1 Å². The van der Waals surface area contributed by atoms with Gasteiger partial charge in [0.25, 0.3) is 5.91 Å². The first-order valence-electron chi connectivity index (χ1n) is 6.12. The number of hydroxylamine groups is 1. The molecule has 0 saturated heterocycles. The van der Waals surface area contributed by atoms with Gasteiger partial charge in [-0.2, -0.15) is 0 Å². The third-order valence-corrected chi connectivity index (χ3v) is 4.21. The van der Waals surface area contributed by atoms with Crippen molar-refractivity contribution in [3.8, 4) is 0 Å². The number of carbonyl (C=O) groups excluding carboxylic acids is 1. The topological polar surface area (TPSA) is 72.5 Å². The Hall–Kier alpha value is -1.40. The van der Waals surface area contributed by atoms with Gasteiger partial charge in [-0.05, 0) is 18.1 Å². The number of rotatable bonds is 6. The van der Waals surface area contributed by atoms with E-state index in [2.05, 4.69) is 5.48 Å². The Morgan fingerprint density at radius 2 is 1.95 bits per heavy atom. The standard InChI is InChI=1S/C13H19NO4S/c1-4-19(16,17)12-8-6-5-7-11(12)13(15)14-18-9-10(2)3/h5-8,10H,4,9H2,1-3H3,(H,14,15). The summed E-state index contributed by atoms with van der Waals surface area (Å²) in [6.07, 6.45) is 0. The second-order valence-corrected chi connectivity index (χ2v) is 6.78. The summed E-state index contributed by atoms with van der Waals surface area (Å²) >= 11 is 0. The summed E-state index contributed by atoms with van der Waals surface area (Å²) in [6.45, 7) is 5.80. The molecule has 0 aliphatic heterocycles. The molecular formula is C13H19NO4S. The molecular weight excluding hydrogens is 266 g/mol. The van der Waals surface area contributed by atoms with Gasteiger partial charge in [0, 0.05) is 0 Å². The molecule has 0 fully saturated rings. The number of nitrogens with one attached hydrogen (secondary N) is 1. The number of sulfone groups is 1. The molecule has 0 radical (unpaired) electrons. The molecule has 0 bridgehead atoms. The summed E-state index contributed by atoms with van der Waals surface area (Å²) in [5.41, 5.74) is 2.37. The molecule has 106 valence electrons. The molecule has 1 rings (SSSR count). The van der Waals surface area contributed by atoms with Crippen molar-refractivity contribution in [1.82, 2.24) is 5.48 Å². The number of benzene rings is 1. The molecule has 0 saturated carbocycles. The Labute approximate surface area is 113 Å². The normalized spacial score (nSPS) is 11.6. The maximum atomic E-state index is 11.9. The van der Waals surface area contributed by atoms with E-state index < -0.39 is 15.7 Å². The second kappa shape index (κ2) is 6.68. The highest BCUT2D eigenvalue weighted by atomic mass is 32.2. The molecule has 1 aromatic carbocycles. The Balaban J connectivity index is 2.92. The van der Waals surface area contributed by atoms with E-state index in [1.54, 1.807) is 19.1 Å². The maximum Gasteiger partial charge on any atom is 0.276 e. The molecule has 0 aliphatic carbocycles. The lowest BCUT2D eigenvalue weighted by molar-refractivity contribution is 0.0206. The number of hydrogen-bond acceptors (Lipinski definition) is 4. The van der Waals surface area contributed by atoms with Crippen LogP contribution in [0.5, 0.6) is 0 Å². The summed E-state index contributed by atoms with van der Waals surface area (Å²) in [4.78, 5) is 17.0. The molecule has 0 aliphatic rings. The second-order valence-electron chi connectivity index (χ2n) is 4.54. The lowest BCUT2D eigenvalue weighted by Gasteiger charge is -2.11. The summed E-state index contributed by atoms with van der Waals surface area (Å²) in [5.74, 6) is -0.326. The van der Waals surface area contributed by atoms with E-state index in [0.717, 1.165) is 0 Å². The van der Waals surface area contributed by atoms with Crippen molar-refractivity contribution >= 4 is 15.7 Å². The van der Waals surface area contributed by atoms with Crippen molar-refractivity contribution in [2.24, 2.45) is 5.92 Å². The van der Waals surface area contributed by atoms with Crippen molar-refractivity contribution in [3.05, 3.63) is 29.8 Å². The molecule has 0 aromatic heterocycles. The van der Waals surface area contributed by atoms with Crippen LogP contribution in [0.2, 0.25) is 0 Å². The van der Waals surface area contributed by atoms with Crippen LogP contribution in [0.15, 0.2) is 29.2 Å². The van der Waals surface area contributed by atoms with E-state index in [9.17, 15) is 13.2 Å². The van der Waals surface area contributed by atoms with Crippen molar-refractivity contribution in [2.45, 2.75) is 25.7 Å². The predicted molar refractivity (Wildman–Crippen MR) is 72.4 cm³/mol. The molecule has 1 amide bonds. The SMILES string of the molecule is CCS(=O)(=O)c1ccccc1C(=O)NOCC(C)C. The Morgan fingerprint density at radius 3 is 2.53 bits per heavy atom. The highest BCUT2D eigenvalue weighted by Crippen LogP contribution is 2.16. The largest absolute Gasteiger partial charge is 0.276 e. The highest BCUT2D eigenvalue weighted by Gasteiger charge is 2.20. The van der Waals surface area contributed by atoms with Crippen LogP contribution in [-0.4, -0.2) is 26.7 Å². The lowest BCUT2D eigenvalue weighted by Crippen LogP contribution is -2.27. The van der Waals surface area contributed by atoms with E-state index in [0.29, 0.717) is 6.61 Å². The fourth-order valence-corrected chi connectivity index (χ4v) is 2.50. The molecule has 5 nitrogen and oxygen atoms in total. The lowest BCUT2D eigenvalue weighted by atomic mass is 10.2. The van der Waals surface area contributed by atoms with E-state index >= 15 is 0 Å². The van der Waals surface area contributed by atoms with Crippen LogP contribution in [0.4, 0.5) is 0 Å². The number of hydrogen-bond donors (Lipinski definition) is 1. The fraction of sp³-hybridized carbons (Fsp3) is 0.462. The van der Waals surface area contributed by atoms with Gasteiger partial charge in [0.15, 0.2) is 9.84 Å². The average Bonchev–Trinajstić information content (AvgIpc) is 2.38. The van der Waals surface area contributed by atoms with E-state index in [1.807, 2.05) is 13.8 Å². The minimum atomic E-state index is -3.43. The van der Waals surface area contributed by atoms with Gasteiger partial charge >= 0.3 is 0 Å². The number of amides is 1. The van der Waals surface area contributed by atoms with Gasteiger partial charge in [0.05, 0.1) is 22.8 Å². The summed E-state index contributed by atoms with van der Waals surface area (Å²) in [6, 6.07) is 6.10. The van der Waals surface area contributed by atoms with Crippen molar-refractivity contribution in [1.29, 1.82) is 0 Å². The third kappa shape index (κ3) is 4.33. The Kier molecular flexibility index (Phi) is 5.50. The Morgan fingerprint density at radius 1 is 1.32 bits per heavy atom. The number of carbonyl (C=O) groups is 1. The van der Waals surface area contributed by atoms with Crippen molar-refractivity contribution in [2.75, 3.05) is 12.4 Å². The molecule has 0 unspecified atom stereocenters. The van der Waals surface area contributed by atoms with Crippen LogP contribution in [0.3, 0.4) is 0 Å². The van der Waals surface area contributed by atoms with Crippen molar-refractivity contribution in [3.63, 3.8) is 0 Å². The zero-order valence-electron chi connectivity index (χ0n) is 11.3. The van der Waals surface area contributed by atoms with Crippen LogP contribution >= 0.6 is 0 Å². The molecule has 1 N–H and O–H groups in total. The van der Waals surface area contributed by atoms with E-state index in [-0.39, 0.29) is 22.1 Å². The van der Waals surface area contributed by atoms with Gasteiger partial charge in [-0.15, -0.1) is 0 Å². The van der Waals surface area contributed by atoms with Gasteiger partial charge in [0.2, 0.25) is 0 Å². The third-order valence-electron chi connectivity index (χ3n) is 2.43. The summed E-state index contributed by atoms with van der Waals surface area (Å²) in [5, 5.41) is 0. The monoisotopic (exact) mass is 285 g/mol.